The fourth-order valence-corrected chi connectivity index (χ4v) is 2.05. The first-order valence-corrected chi connectivity index (χ1v) is 5.87. The zero-order valence-corrected chi connectivity index (χ0v) is 10.1. The molecule has 0 spiro atoms. The summed E-state index contributed by atoms with van der Waals surface area (Å²) in [4.78, 5) is 8.19. The lowest BCUT2D eigenvalue weighted by Crippen LogP contribution is -1.95. The van der Waals surface area contributed by atoms with Crippen molar-refractivity contribution in [1.29, 1.82) is 0 Å². The third-order valence-electron chi connectivity index (χ3n) is 2.15. The van der Waals surface area contributed by atoms with Crippen molar-refractivity contribution < 1.29 is 0 Å². The number of rotatable bonds is 3. The van der Waals surface area contributed by atoms with Gasteiger partial charge in [-0.05, 0) is 31.2 Å². The van der Waals surface area contributed by atoms with Crippen LogP contribution in [0.4, 0.5) is 5.69 Å². The summed E-state index contributed by atoms with van der Waals surface area (Å²) >= 11 is 1.65. The third-order valence-corrected chi connectivity index (χ3v) is 2.96. The van der Waals surface area contributed by atoms with Gasteiger partial charge in [0, 0.05) is 24.6 Å². The van der Waals surface area contributed by atoms with E-state index in [1.807, 2.05) is 24.6 Å². The molecule has 0 aliphatic carbocycles. The highest BCUT2D eigenvalue weighted by Gasteiger charge is 1.98. The Balaban J connectivity index is 2.20. The maximum Gasteiger partial charge on any atom is 0.0832 e. The molecular weight excluding hydrogens is 218 g/mol. The molecule has 0 aliphatic rings. The summed E-state index contributed by atoms with van der Waals surface area (Å²) in [5, 5.41) is 3.29. The molecule has 1 aromatic heterocycles. The minimum Gasteiger partial charge on any atom is -0.359 e. The van der Waals surface area contributed by atoms with Crippen LogP contribution in [0.15, 0.2) is 40.5 Å². The molecule has 0 unspecified atom stereocenters. The predicted molar refractivity (Wildman–Crippen MR) is 71.4 cm³/mol. The number of aliphatic imine (C=N–C) groups is 1. The molecule has 2 aromatic rings. The number of allylic oxidation sites excluding steroid dienone is 2. The van der Waals surface area contributed by atoms with Crippen LogP contribution in [-0.4, -0.2) is 18.2 Å². The molecule has 1 heterocycles. The Bertz CT molecular complexity index is 540. The van der Waals surface area contributed by atoms with Crippen molar-refractivity contribution in [3.8, 4) is 0 Å². The van der Waals surface area contributed by atoms with E-state index in [2.05, 4.69) is 27.4 Å². The number of nitrogens with one attached hydrogen (secondary N) is 1. The van der Waals surface area contributed by atoms with Gasteiger partial charge in [0.25, 0.3) is 0 Å². The Morgan fingerprint density at radius 1 is 1.50 bits per heavy atom. The quantitative estimate of drug-likeness (QED) is 0.823. The second kappa shape index (κ2) is 4.90. The Labute approximate surface area is 98.6 Å². The lowest BCUT2D eigenvalue weighted by molar-refractivity contribution is 1.38. The van der Waals surface area contributed by atoms with Crippen molar-refractivity contribution in [3.05, 3.63) is 35.5 Å². The highest BCUT2D eigenvalue weighted by molar-refractivity contribution is 7.16. The van der Waals surface area contributed by atoms with Crippen LogP contribution in [0.1, 0.15) is 6.92 Å². The SMILES string of the molecule is CN=C/C=C(\C)Nc1ccc2scnc2c1. The van der Waals surface area contributed by atoms with Crippen molar-refractivity contribution in [2.75, 3.05) is 12.4 Å². The molecule has 16 heavy (non-hydrogen) atoms. The van der Waals surface area contributed by atoms with E-state index in [4.69, 9.17) is 0 Å². The molecule has 0 fully saturated rings. The topological polar surface area (TPSA) is 37.3 Å². The summed E-state index contributed by atoms with van der Waals surface area (Å²) in [5.74, 6) is 0. The van der Waals surface area contributed by atoms with Gasteiger partial charge in [0.05, 0.1) is 15.7 Å². The second-order valence-electron chi connectivity index (χ2n) is 3.42. The van der Waals surface area contributed by atoms with E-state index in [9.17, 15) is 0 Å². The highest BCUT2D eigenvalue weighted by atomic mass is 32.1. The minimum atomic E-state index is 1.03. The molecule has 0 aliphatic heterocycles. The van der Waals surface area contributed by atoms with E-state index in [0.717, 1.165) is 16.9 Å². The first kappa shape index (κ1) is 10.8. The zero-order chi connectivity index (χ0) is 11.4. The normalized spacial score (nSPS) is 12.5. The molecule has 0 bridgehead atoms. The van der Waals surface area contributed by atoms with Gasteiger partial charge in [-0.3, -0.25) is 4.99 Å². The zero-order valence-electron chi connectivity index (χ0n) is 9.27. The standard InChI is InChI=1S/C12H13N3S/c1-9(5-6-13-2)15-10-3-4-12-11(7-10)14-8-16-12/h3-8,15H,1-2H3/b9-5+,13-6?. The van der Waals surface area contributed by atoms with E-state index in [1.165, 1.54) is 4.70 Å². The molecule has 0 amide bonds. The highest BCUT2D eigenvalue weighted by Crippen LogP contribution is 2.22. The maximum absolute atomic E-state index is 4.28. The van der Waals surface area contributed by atoms with Gasteiger partial charge in [-0.2, -0.15) is 0 Å². The lowest BCUT2D eigenvalue weighted by Gasteiger charge is -2.05. The van der Waals surface area contributed by atoms with E-state index in [1.54, 1.807) is 24.6 Å². The Hall–Kier alpha value is -1.68. The fraction of sp³-hybridized carbons (Fsp3) is 0.167. The fourth-order valence-electron chi connectivity index (χ4n) is 1.39. The van der Waals surface area contributed by atoms with Crippen LogP contribution in [0, 0.1) is 0 Å². The predicted octanol–water partition coefficient (Wildman–Crippen LogP) is 3.31. The van der Waals surface area contributed by atoms with Crippen LogP contribution in [0.5, 0.6) is 0 Å². The Kier molecular flexibility index (Phi) is 3.31. The number of anilines is 1. The van der Waals surface area contributed by atoms with Crippen molar-refractivity contribution in [2.24, 2.45) is 4.99 Å². The molecule has 1 N–H and O–H groups in total. The molecule has 0 saturated heterocycles. The van der Waals surface area contributed by atoms with Crippen molar-refractivity contribution in [3.63, 3.8) is 0 Å². The number of aromatic nitrogens is 1. The summed E-state index contributed by atoms with van der Waals surface area (Å²) in [5.41, 5.74) is 5.00. The molecule has 0 saturated carbocycles. The lowest BCUT2D eigenvalue weighted by atomic mass is 10.3. The molecule has 0 atom stereocenters. The van der Waals surface area contributed by atoms with E-state index in [-0.39, 0.29) is 0 Å². The maximum atomic E-state index is 4.28. The van der Waals surface area contributed by atoms with Gasteiger partial charge < -0.3 is 5.32 Å². The van der Waals surface area contributed by atoms with Gasteiger partial charge in [-0.15, -0.1) is 11.3 Å². The molecule has 82 valence electrons. The molecule has 2 rings (SSSR count). The number of fused-ring (bicyclic) bond motifs is 1. The van der Waals surface area contributed by atoms with Crippen LogP contribution >= 0.6 is 11.3 Å². The summed E-state index contributed by atoms with van der Waals surface area (Å²) < 4.78 is 1.21. The average Bonchev–Trinajstić information content (AvgIpc) is 2.73. The number of thiazole rings is 1. The van der Waals surface area contributed by atoms with Crippen LogP contribution in [0.2, 0.25) is 0 Å². The average molecular weight is 231 g/mol. The first-order valence-electron chi connectivity index (χ1n) is 4.99. The third kappa shape index (κ3) is 2.46. The molecule has 4 heteroatoms. The molecule has 0 radical (unpaired) electrons. The van der Waals surface area contributed by atoms with Crippen molar-refractivity contribution in [2.45, 2.75) is 6.92 Å². The van der Waals surface area contributed by atoms with E-state index >= 15 is 0 Å². The number of nitrogens with zero attached hydrogens (tertiary/aromatic N) is 2. The molecule has 3 nitrogen and oxygen atoms in total. The summed E-state index contributed by atoms with van der Waals surface area (Å²) in [6.07, 6.45) is 3.70. The largest absolute Gasteiger partial charge is 0.359 e. The van der Waals surface area contributed by atoms with E-state index in [0.29, 0.717) is 0 Å². The van der Waals surface area contributed by atoms with Crippen LogP contribution in [-0.2, 0) is 0 Å². The summed E-state index contributed by atoms with van der Waals surface area (Å²) in [6, 6.07) is 6.18. The van der Waals surface area contributed by atoms with Gasteiger partial charge >= 0.3 is 0 Å². The second-order valence-corrected chi connectivity index (χ2v) is 4.30. The Morgan fingerprint density at radius 2 is 2.38 bits per heavy atom. The summed E-state index contributed by atoms with van der Waals surface area (Å²) in [7, 11) is 1.76. The van der Waals surface area contributed by atoms with Gasteiger partial charge in [-0.25, -0.2) is 4.98 Å². The monoisotopic (exact) mass is 231 g/mol. The van der Waals surface area contributed by atoms with Gasteiger partial charge in [0.1, 0.15) is 0 Å². The smallest absolute Gasteiger partial charge is 0.0832 e. The van der Waals surface area contributed by atoms with Crippen LogP contribution in [0.25, 0.3) is 10.2 Å². The minimum absolute atomic E-state index is 1.03. The van der Waals surface area contributed by atoms with Gasteiger partial charge in [-0.1, -0.05) is 0 Å². The van der Waals surface area contributed by atoms with Crippen LogP contribution < -0.4 is 5.32 Å². The van der Waals surface area contributed by atoms with Gasteiger partial charge in [0.15, 0.2) is 0 Å². The van der Waals surface area contributed by atoms with Crippen molar-refractivity contribution >= 4 is 33.5 Å². The number of hydrogen-bond donors (Lipinski definition) is 1. The van der Waals surface area contributed by atoms with Gasteiger partial charge in [0.2, 0.25) is 0 Å². The van der Waals surface area contributed by atoms with Crippen LogP contribution in [0.3, 0.4) is 0 Å². The van der Waals surface area contributed by atoms with E-state index < -0.39 is 0 Å². The molecular formula is C12H13N3S. The molecule has 1 aromatic carbocycles. The first-order chi connectivity index (χ1) is 7.79. The summed E-state index contributed by atoms with van der Waals surface area (Å²) in [6.45, 7) is 2.01. The Morgan fingerprint density at radius 3 is 3.19 bits per heavy atom. The number of hydrogen-bond acceptors (Lipinski definition) is 4. The number of benzene rings is 1. The van der Waals surface area contributed by atoms with Crippen molar-refractivity contribution in [1.82, 2.24) is 4.98 Å².